The van der Waals surface area contributed by atoms with E-state index < -0.39 is 5.90 Å². The predicted octanol–water partition coefficient (Wildman–Crippen LogP) is 0.635. The summed E-state index contributed by atoms with van der Waals surface area (Å²) in [4.78, 5) is 7.95. The number of nitrogens with two attached hydrogens (primary N) is 1. The van der Waals surface area contributed by atoms with E-state index in [9.17, 15) is 15.6 Å². The molecule has 2 rings (SSSR count). The first-order valence-corrected chi connectivity index (χ1v) is 9.26. The molecule has 0 saturated heterocycles. The van der Waals surface area contributed by atoms with Gasteiger partial charge in [0.2, 0.25) is 11.8 Å². The molecule has 2 aromatic rings. The molecule has 0 aliphatic heterocycles. The number of nitrogens with zero attached hydrogens (tertiary/aromatic N) is 6. The maximum absolute atomic E-state index is 12.1. The normalized spacial score (nSPS) is 11.4. The molecule has 11 heteroatoms. The van der Waals surface area contributed by atoms with E-state index in [2.05, 4.69) is 21.3 Å². The summed E-state index contributed by atoms with van der Waals surface area (Å²) in [5.41, 5.74) is 6.83. The van der Waals surface area contributed by atoms with Crippen LogP contribution in [0.15, 0.2) is 20.7 Å². The molecule has 0 aliphatic carbocycles. The highest BCUT2D eigenvalue weighted by molar-refractivity contribution is 7.99. The van der Waals surface area contributed by atoms with Crippen molar-refractivity contribution in [1.82, 2.24) is 10.3 Å². The summed E-state index contributed by atoms with van der Waals surface area (Å²) in [7, 11) is 1.57. The third kappa shape index (κ3) is 4.97. The average Bonchev–Trinajstić information content (AvgIpc) is 3.10. The van der Waals surface area contributed by atoms with E-state index in [0.717, 1.165) is 11.8 Å². The van der Waals surface area contributed by atoms with Crippen LogP contribution in [0.5, 0.6) is 0 Å². The van der Waals surface area contributed by atoms with E-state index in [0.29, 0.717) is 23.7 Å². The standard InChI is InChI=1S/C17H19N7O3S/c1-10(2)15-11(6-18)16(20)22-17(12(15)7-19)28-9-13(25)21-14-8-24(23-27-14)4-5-26-3/h8,10H,4-5,9H2,1-3H3,(H2-,20,21,22,23,25). The van der Waals surface area contributed by atoms with Crippen LogP contribution in [0.4, 0.5) is 11.7 Å². The summed E-state index contributed by atoms with van der Waals surface area (Å²) in [5, 5.41) is 35.0. The fourth-order valence-electron chi connectivity index (χ4n) is 2.40. The molecule has 2 heterocycles. The molecule has 0 atom stereocenters. The number of pyridine rings is 1. The molecule has 0 radical (unpaired) electrons. The topological polar surface area (TPSA) is 161 Å². The highest BCUT2D eigenvalue weighted by Crippen LogP contribution is 2.32. The largest absolute Gasteiger partial charge is 0.861 e. The smallest absolute Gasteiger partial charge is 0.320 e. The van der Waals surface area contributed by atoms with E-state index in [-0.39, 0.29) is 34.5 Å². The van der Waals surface area contributed by atoms with Crippen LogP contribution in [0.3, 0.4) is 0 Å². The third-order valence-electron chi connectivity index (χ3n) is 3.62. The van der Waals surface area contributed by atoms with Gasteiger partial charge in [-0.05, 0) is 22.1 Å². The minimum absolute atomic E-state index is 0.0338. The molecule has 0 spiro atoms. The third-order valence-corrected chi connectivity index (χ3v) is 4.58. The van der Waals surface area contributed by atoms with Crippen LogP contribution in [0.25, 0.3) is 0 Å². The summed E-state index contributed by atoms with van der Waals surface area (Å²) >= 11 is 1.03. The number of nitrogen functional groups attached to an aromatic ring is 1. The average molecular weight is 401 g/mol. The van der Waals surface area contributed by atoms with Crippen LogP contribution in [-0.4, -0.2) is 35.6 Å². The van der Waals surface area contributed by atoms with Crippen molar-refractivity contribution in [3.8, 4) is 12.1 Å². The van der Waals surface area contributed by atoms with Crippen LogP contribution >= 0.6 is 11.8 Å². The quantitative estimate of drug-likeness (QED) is 0.289. The molecule has 146 valence electrons. The number of aliphatic imine (C=N–C) groups is 1. The number of ether oxygens (including phenoxy) is 1. The summed E-state index contributed by atoms with van der Waals surface area (Å²) in [6, 6.07) is 4.07. The Morgan fingerprint density at radius 1 is 1.43 bits per heavy atom. The lowest BCUT2D eigenvalue weighted by atomic mass is 9.94. The molecule has 0 unspecified atom stereocenters. The molecule has 0 fully saturated rings. The van der Waals surface area contributed by atoms with Crippen molar-refractivity contribution in [3.05, 3.63) is 22.9 Å². The molecule has 0 bridgehead atoms. The number of nitriles is 2. The Morgan fingerprint density at radius 2 is 2.14 bits per heavy atom. The highest BCUT2D eigenvalue weighted by Gasteiger charge is 2.21. The highest BCUT2D eigenvalue weighted by atomic mass is 32.2. The Labute approximate surface area is 166 Å². The van der Waals surface area contributed by atoms with E-state index in [1.165, 1.54) is 10.9 Å². The maximum Gasteiger partial charge on any atom is 0.320 e. The minimum atomic E-state index is -0.486. The lowest BCUT2D eigenvalue weighted by Crippen LogP contribution is -2.36. The molecule has 0 aromatic carbocycles. The first kappa shape index (κ1) is 21.2. The molecule has 0 saturated carbocycles. The number of anilines is 1. The van der Waals surface area contributed by atoms with Gasteiger partial charge in [0, 0.05) is 12.9 Å². The molecule has 0 aliphatic rings. The zero-order valence-corrected chi connectivity index (χ0v) is 16.5. The van der Waals surface area contributed by atoms with Crippen molar-refractivity contribution in [2.45, 2.75) is 31.3 Å². The summed E-state index contributed by atoms with van der Waals surface area (Å²) < 4.78 is 11.4. The van der Waals surface area contributed by atoms with E-state index in [4.69, 9.17) is 15.0 Å². The molecular formula is C17H19N7O3S. The first-order valence-electron chi connectivity index (χ1n) is 8.27. The molecule has 10 nitrogen and oxygen atoms in total. The van der Waals surface area contributed by atoms with Gasteiger partial charge in [0.1, 0.15) is 29.6 Å². The van der Waals surface area contributed by atoms with Crippen molar-refractivity contribution in [2.24, 2.45) is 4.99 Å². The van der Waals surface area contributed by atoms with E-state index in [1.54, 1.807) is 7.11 Å². The molecule has 28 heavy (non-hydrogen) atoms. The monoisotopic (exact) mass is 401 g/mol. The number of thioether (sulfide) groups is 1. The van der Waals surface area contributed by atoms with Crippen molar-refractivity contribution < 1.29 is 19.0 Å². The zero-order valence-electron chi connectivity index (χ0n) is 15.7. The second kappa shape index (κ2) is 9.69. The molecule has 2 N–H and O–H groups in total. The van der Waals surface area contributed by atoms with Gasteiger partial charge >= 0.3 is 5.88 Å². The van der Waals surface area contributed by atoms with Gasteiger partial charge < -0.3 is 15.6 Å². The Bertz CT molecular complexity index is 957. The fourth-order valence-corrected chi connectivity index (χ4v) is 3.19. The summed E-state index contributed by atoms with van der Waals surface area (Å²) in [6.07, 6.45) is 1.48. The van der Waals surface area contributed by atoms with Gasteiger partial charge in [-0.1, -0.05) is 25.6 Å². The number of hydrogen-bond donors (Lipinski definition) is 1. The summed E-state index contributed by atoms with van der Waals surface area (Å²) in [5.74, 6) is -0.571. The predicted molar refractivity (Wildman–Crippen MR) is 98.6 cm³/mol. The van der Waals surface area contributed by atoms with Crippen molar-refractivity contribution in [1.29, 1.82) is 10.5 Å². The lowest BCUT2D eigenvalue weighted by molar-refractivity contribution is -0.763. The second-order valence-electron chi connectivity index (χ2n) is 5.93. The number of aromatic nitrogens is 3. The van der Waals surface area contributed by atoms with E-state index >= 15 is 0 Å². The van der Waals surface area contributed by atoms with Crippen LogP contribution in [0.1, 0.15) is 36.5 Å². The second-order valence-corrected chi connectivity index (χ2v) is 6.90. The van der Waals surface area contributed by atoms with Gasteiger partial charge in [-0.25, -0.2) is 9.98 Å². The molecule has 2 aromatic heterocycles. The van der Waals surface area contributed by atoms with Crippen LogP contribution in [0.2, 0.25) is 0 Å². The Kier molecular flexibility index (Phi) is 7.32. The lowest BCUT2D eigenvalue weighted by Gasteiger charge is -2.16. The Balaban J connectivity index is 2.21. The van der Waals surface area contributed by atoms with Gasteiger partial charge in [-0.3, -0.25) is 4.52 Å². The van der Waals surface area contributed by atoms with Crippen LogP contribution < -0.4 is 15.5 Å². The molecular weight excluding hydrogens is 382 g/mol. The van der Waals surface area contributed by atoms with Gasteiger partial charge in [0.25, 0.3) is 6.20 Å². The van der Waals surface area contributed by atoms with E-state index in [1.807, 2.05) is 19.9 Å². The van der Waals surface area contributed by atoms with Crippen molar-refractivity contribution in [2.75, 3.05) is 25.2 Å². The maximum atomic E-state index is 12.1. The van der Waals surface area contributed by atoms with Gasteiger partial charge in [0.15, 0.2) is 0 Å². The van der Waals surface area contributed by atoms with Crippen LogP contribution in [0, 0.1) is 22.7 Å². The zero-order chi connectivity index (χ0) is 20.7. The molecule has 0 amide bonds. The summed E-state index contributed by atoms with van der Waals surface area (Å²) in [6.45, 7) is 4.63. The van der Waals surface area contributed by atoms with Crippen molar-refractivity contribution >= 4 is 29.4 Å². The van der Waals surface area contributed by atoms with Crippen molar-refractivity contribution in [3.63, 3.8) is 0 Å². The first-order chi connectivity index (χ1) is 13.4. The number of hydrogen-bond acceptors (Lipinski definition) is 10. The SMILES string of the molecule is COCC[n+]1cc(/N=C(/[O-])CSc2nc(N)c(C#N)c(C(C)C)c2C#N)on1. The Hall–Kier alpha value is -3.15. The Morgan fingerprint density at radius 3 is 2.75 bits per heavy atom. The van der Waals surface area contributed by atoms with Gasteiger partial charge in [-0.15, -0.1) is 0 Å². The van der Waals surface area contributed by atoms with Gasteiger partial charge in [0.05, 0.1) is 11.1 Å². The number of rotatable bonds is 8. The fraction of sp³-hybridized carbons (Fsp3) is 0.412. The minimum Gasteiger partial charge on any atom is -0.861 e. The van der Waals surface area contributed by atoms with Gasteiger partial charge in [-0.2, -0.15) is 10.5 Å². The van der Waals surface area contributed by atoms with Crippen LogP contribution in [-0.2, 0) is 11.3 Å². The number of methoxy groups -OCH3 is 1.